The first kappa shape index (κ1) is 30.5. The van der Waals surface area contributed by atoms with E-state index in [2.05, 4.69) is 15.8 Å². The Kier molecular flexibility index (Phi) is 9.63. The highest BCUT2D eigenvalue weighted by Crippen LogP contribution is 2.30. The number of nitro benzene ring substituents is 2. The van der Waals surface area contributed by atoms with Gasteiger partial charge in [-0.15, -0.1) is 0 Å². The molecule has 4 aromatic rings. The van der Waals surface area contributed by atoms with Gasteiger partial charge in [0.1, 0.15) is 0 Å². The molecule has 0 bridgehead atoms. The molecule has 220 valence electrons. The number of esters is 1. The molecule has 13 heteroatoms. The van der Waals surface area contributed by atoms with Crippen LogP contribution in [0.4, 0.5) is 17.1 Å². The minimum absolute atomic E-state index is 0.0192. The fraction of sp³-hybridized carbons (Fsp3) is 0.0323. The molecule has 2 N–H and O–H groups in total. The molecule has 0 aliphatic carbocycles. The van der Waals surface area contributed by atoms with Gasteiger partial charge in [0.2, 0.25) is 5.75 Å². The number of ether oxygens (including phenoxy) is 1. The van der Waals surface area contributed by atoms with E-state index in [-0.39, 0.29) is 22.7 Å². The van der Waals surface area contributed by atoms with Gasteiger partial charge in [-0.05, 0) is 61.0 Å². The molecule has 4 aromatic carbocycles. The number of hydrogen-bond donors (Lipinski definition) is 2. The van der Waals surface area contributed by atoms with Gasteiger partial charge in [-0.25, -0.2) is 10.2 Å². The highest BCUT2D eigenvalue weighted by atomic mass is 16.6. The molecule has 0 spiro atoms. The second-order valence-corrected chi connectivity index (χ2v) is 9.16. The summed E-state index contributed by atoms with van der Waals surface area (Å²) in [5.41, 5.74) is 4.13. The lowest BCUT2D eigenvalue weighted by molar-refractivity contribution is -0.385. The molecular weight excluding hydrogens is 570 g/mol. The van der Waals surface area contributed by atoms with E-state index < -0.39 is 33.2 Å². The van der Waals surface area contributed by atoms with Gasteiger partial charge in [0.15, 0.2) is 0 Å². The van der Waals surface area contributed by atoms with E-state index >= 15 is 0 Å². The molecule has 0 heterocycles. The largest absolute Gasteiger partial charge is 0.415 e. The number of amides is 2. The van der Waals surface area contributed by atoms with Crippen LogP contribution in [0.5, 0.6) is 5.75 Å². The number of benzene rings is 4. The number of aryl methyl sites for hydroxylation is 1. The Morgan fingerprint density at radius 3 is 2.16 bits per heavy atom. The molecule has 0 aromatic heterocycles. The van der Waals surface area contributed by atoms with Gasteiger partial charge in [0.05, 0.1) is 16.1 Å². The van der Waals surface area contributed by atoms with E-state index in [0.717, 1.165) is 23.9 Å². The highest BCUT2D eigenvalue weighted by Gasteiger charge is 2.21. The Bertz CT molecular complexity index is 1800. The van der Waals surface area contributed by atoms with E-state index in [0.29, 0.717) is 16.8 Å². The van der Waals surface area contributed by atoms with Crippen LogP contribution in [0.2, 0.25) is 0 Å². The SMILES string of the molecule is Cc1ccc(C(=O)Nc2ccc(C(=O)N/N=C/c3cccc([N+](=O)[O-])c3OC(=O)/C=C/c3cccc([N+](=O)[O-])c3)cc2)cc1. The monoisotopic (exact) mass is 593 g/mol. The quantitative estimate of drug-likeness (QED) is 0.0607. The highest BCUT2D eigenvalue weighted by molar-refractivity contribution is 6.04. The number of non-ortho nitro benzene ring substituents is 1. The number of hydrogen-bond acceptors (Lipinski definition) is 9. The van der Waals surface area contributed by atoms with Crippen LogP contribution >= 0.6 is 0 Å². The standard InChI is InChI=1S/C31H23N5O8/c1-20-8-11-22(12-9-20)30(38)33-25-15-13-23(14-16-25)31(39)34-32-19-24-5-3-7-27(36(42)43)29(24)44-28(37)17-10-21-4-2-6-26(18-21)35(40)41/h2-19H,1H3,(H,33,38)(H,34,39)/b17-10+,32-19+. The van der Waals surface area contributed by atoms with Gasteiger partial charge in [-0.3, -0.25) is 29.8 Å². The van der Waals surface area contributed by atoms with E-state index in [1.165, 1.54) is 54.6 Å². The minimum Gasteiger partial charge on any atom is -0.415 e. The first-order valence-corrected chi connectivity index (χ1v) is 12.8. The molecule has 0 aliphatic rings. The number of rotatable bonds is 10. The Labute approximate surface area is 249 Å². The van der Waals surface area contributed by atoms with Gasteiger partial charge in [-0.2, -0.15) is 5.10 Å². The van der Waals surface area contributed by atoms with Crippen molar-refractivity contribution in [2.24, 2.45) is 5.10 Å². The number of hydrazone groups is 1. The van der Waals surface area contributed by atoms with Gasteiger partial charge < -0.3 is 10.1 Å². The van der Waals surface area contributed by atoms with Crippen LogP contribution < -0.4 is 15.5 Å². The fourth-order valence-corrected chi connectivity index (χ4v) is 3.78. The summed E-state index contributed by atoms with van der Waals surface area (Å²) < 4.78 is 5.22. The lowest BCUT2D eigenvalue weighted by Gasteiger charge is -2.07. The van der Waals surface area contributed by atoms with Crippen LogP contribution in [0.25, 0.3) is 6.08 Å². The normalized spacial score (nSPS) is 10.8. The van der Waals surface area contributed by atoms with Crippen molar-refractivity contribution in [2.45, 2.75) is 6.92 Å². The minimum atomic E-state index is -0.987. The van der Waals surface area contributed by atoms with Crippen LogP contribution in [0, 0.1) is 27.2 Å². The zero-order valence-corrected chi connectivity index (χ0v) is 23.0. The average molecular weight is 594 g/mol. The number of nitrogens with one attached hydrogen (secondary N) is 2. The summed E-state index contributed by atoms with van der Waals surface area (Å²) in [6, 6.07) is 22.5. The topological polar surface area (TPSA) is 183 Å². The van der Waals surface area contributed by atoms with Crippen molar-refractivity contribution in [3.63, 3.8) is 0 Å². The predicted molar refractivity (Wildman–Crippen MR) is 161 cm³/mol. The molecule has 0 unspecified atom stereocenters. The van der Waals surface area contributed by atoms with E-state index in [1.54, 1.807) is 24.3 Å². The van der Waals surface area contributed by atoms with Crippen LogP contribution in [0.1, 0.15) is 37.4 Å². The number of carbonyl (C=O) groups is 3. The van der Waals surface area contributed by atoms with Gasteiger partial charge in [-0.1, -0.05) is 35.9 Å². The van der Waals surface area contributed by atoms with Crippen LogP contribution in [0.3, 0.4) is 0 Å². The number of para-hydroxylation sites is 1. The number of anilines is 1. The predicted octanol–water partition coefficient (Wildman–Crippen LogP) is 5.45. The number of nitro groups is 2. The molecule has 2 amide bonds. The third kappa shape index (κ3) is 8.04. The molecule has 44 heavy (non-hydrogen) atoms. The molecule has 0 saturated carbocycles. The molecule has 0 atom stereocenters. The molecular formula is C31H23N5O8. The third-order valence-corrected chi connectivity index (χ3v) is 6.01. The van der Waals surface area contributed by atoms with Gasteiger partial charge in [0, 0.05) is 46.7 Å². The first-order chi connectivity index (χ1) is 21.1. The lowest BCUT2D eigenvalue weighted by Crippen LogP contribution is -2.18. The van der Waals surface area contributed by atoms with Crippen molar-refractivity contribution in [3.8, 4) is 5.75 Å². The summed E-state index contributed by atoms with van der Waals surface area (Å²) >= 11 is 0. The molecule has 4 rings (SSSR count). The summed E-state index contributed by atoms with van der Waals surface area (Å²) in [4.78, 5) is 58.7. The molecule has 13 nitrogen and oxygen atoms in total. The molecule has 0 radical (unpaired) electrons. The van der Waals surface area contributed by atoms with Crippen molar-refractivity contribution in [2.75, 3.05) is 5.32 Å². The smallest absolute Gasteiger partial charge is 0.336 e. The first-order valence-electron chi connectivity index (χ1n) is 12.8. The maximum atomic E-state index is 12.6. The molecule has 0 aliphatic heterocycles. The average Bonchev–Trinajstić information content (AvgIpc) is 3.01. The maximum absolute atomic E-state index is 12.6. The summed E-state index contributed by atoms with van der Waals surface area (Å²) in [6.45, 7) is 1.92. The van der Waals surface area contributed by atoms with Gasteiger partial charge in [0.25, 0.3) is 17.5 Å². The Morgan fingerprint density at radius 1 is 0.818 bits per heavy atom. The second-order valence-electron chi connectivity index (χ2n) is 9.16. The zero-order chi connectivity index (χ0) is 31.6. The van der Waals surface area contributed by atoms with Crippen molar-refractivity contribution >= 4 is 47.1 Å². The molecule has 0 fully saturated rings. The van der Waals surface area contributed by atoms with E-state index in [9.17, 15) is 34.6 Å². The van der Waals surface area contributed by atoms with E-state index in [4.69, 9.17) is 4.74 Å². The van der Waals surface area contributed by atoms with Crippen LogP contribution in [-0.4, -0.2) is 33.8 Å². The Hall–Kier alpha value is -6.50. The summed E-state index contributed by atoms with van der Waals surface area (Å²) in [5, 5.41) is 29.1. The number of nitrogens with zero attached hydrogens (tertiary/aromatic N) is 3. The second kappa shape index (κ2) is 13.9. The lowest BCUT2D eigenvalue weighted by atomic mass is 10.1. The summed E-state index contributed by atoms with van der Waals surface area (Å²) in [5.74, 6) is -2.32. The van der Waals surface area contributed by atoms with Crippen molar-refractivity contribution in [1.29, 1.82) is 0 Å². The van der Waals surface area contributed by atoms with Crippen LogP contribution in [-0.2, 0) is 4.79 Å². The van der Waals surface area contributed by atoms with Gasteiger partial charge >= 0.3 is 11.7 Å². The third-order valence-electron chi connectivity index (χ3n) is 6.01. The zero-order valence-electron chi connectivity index (χ0n) is 23.0. The molecule has 0 saturated heterocycles. The summed E-state index contributed by atoms with van der Waals surface area (Å²) in [6.07, 6.45) is 3.30. The van der Waals surface area contributed by atoms with Crippen molar-refractivity contribution in [1.82, 2.24) is 5.43 Å². The van der Waals surface area contributed by atoms with Crippen molar-refractivity contribution < 1.29 is 29.0 Å². The maximum Gasteiger partial charge on any atom is 0.336 e. The number of carbonyl (C=O) groups excluding carboxylic acids is 3. The van der Waals surface area contributed by atoms with E-state index in [1.807, 2.05) is 19.1 Å². The van der Waals surface area contributed by atoms with Crippen molar-refractivity contribution in [3.05, 3.63) is 145 Å². The Morgan fingerprint density at radius 2 is 1.48 bits per heavy atom. The van der Waals surface area contributed by atoms with Crippen LogP contribution in [0.15, 0.2) is 102 Å². The fourth-order valence-electron chi connectivity index (χ4n) is 3.78. The Balaban J connectivity index is 1.42. The summed E-state index contributed by atoms with van der Waals surface area (Å²) in [7, 11) is 0.